The van der Waals surface area contributed by atoms with Crippen LogP contribution in [-0.4, -0.2) is 20.4 Å². The second-order valence-electron chi connectivity index (χ2n) is 9.16. The van der Waals surface area contributed by atoms with Crippen molar-refractivity contribution in [1.82, 2.24) is 4.72 Å². The number of hydrogen-bond acceptors (Lipinski definition) is 6. The van der Waals surface area contributed by atoms with Crippen LogP contribution >= 0.6 is 11.6 Å². The fraction of sp³-hybridized carbons (Fsp3) is 0.214. The number of sulfonamides is 1. The Bertz CT molecular complexity index is 1600. The Kier molecular flexibility index (Phi) is 7.82. The molecule has 1 atom stereocenters. The summed E-state index contributed by atoms with van der Waals surface area (Å²) in [5.41, 5.74) is 1.93. The zero-order chi connectivity index (χ0) is 26.7. The molecule has 37 heavy (non-hydrogen) atoms. The van der Waals surface area contributed by atoms with Crippen LogP contribution in [0.15, 0.2) is 86.9 Å². The van der Waals surface area contributed by atoms with Crippen LogP contribution in [0, 0.1) is 12.8 Å². The van der Waals surface area contributed by atoms with E-state index in [1.807, 2.05) is 51.1 Å². The lowest BCUT2D eigenvalue weighted by atomic mass is 10.0. The van der Waals surface area contributed by atoms with Gasteiger partial charge in [0, 0.05) is 17.5 Å². The van der Waals surface area contributed by atoms with Gasteiger partial charge in [0.15, 0.2) is 5.75 Å². The van der Waals surface area contributed by atoms with Crippen LogP contribution in [0.3, 0.4) is 0 Å². The van der Waals surface area contributed by atoms with Gasteiger partial charge in [0.1, 0.15) is 11.6 Å². The van der Waals surface area contributed by atoms with E-state index in [-0.39, 0.29) is 33.6 Å². The van der Waals surface area contributed by atoms with Gasteiger partial charge in [-0.25, -0.2) is 18.0 Å². The number of nitrogens with one attached hydrogen (secondary N) is 1. The maximum atomic E-state index is 13.2. The first kappa shape index (κ1) is 26.6. The summed E-state index contributed by atoms with van der Waals surface area (Å²) in [4.78, 5) is 25.4. The van der Waals surface area contributed by atoms with Crippen LogP contribution in [0.2, 0.25) is 5.02 Å². The molecule has 1 aromatic heterocycles. The Morgan fingerprint density at radius 1 is 1.03 bits per heavy atom. The molecule has 7 nitrogen and oxygen atoms in total. The van der Waals surface area contributed by atoms with Crippen molar-refractivity contribution in [1.29, 1.82) is 0 Å². The van der Waals surface area contributed by atoms with Crippen LogP contribution in [0.4, 0.5) is 0 Å². The molecule has 4 rings (SSSR count). The molecule has 0 saturated heterocycles. The van der Waals surface area contributed by atoms with E-state index >= 15 is 0 Å². The number of fused-ring (bicyclic) bond motifs is 1. The van der Waals surface area contributed by atoms with Gasteiger partial charge in [0.05, 0.1) is 9.92 Å². The summed E-state index contributed by atoms with van der Waals surface area (Å²) in [6.07, 6.45) is 0.197. The van der Waals surface area contributed by atoms with E-state index in [1.54, 1.807) is 18.2 Å². The number of esters is 1. The van der Waals surface area contributed by atoms with E-state index in [4.69, 9.17) is 20.8 Å². The highest BCUT2D eigenvalue weighted by Gasteiger charge is 2.29. The third-order valence-corrected chi connectivity index (χ3v) is 7.50. The lowest BCUT2D eigenvalue weighted by molar-refractivity contribution is -0.136. The molecular weight excluding hydrogens is 514 g/mol. The van der Waals surface area contributed by atoms with Gasteiger partial charge in [-0.2, -0.15) is 4.72 Å². The number of halogens is 1. The van der Waals surface area contributed by atoms with Gasteiger partial charge in [0.25, 0.3) is 0 Å². The van der Waals surface area contributed by atoms with Gasteiger partial charge in [-0.05, 0) is 48.6 Å². The first-order chi connectivity index (χ1) is 17.5. The van der Waals surface area contributed by atoms with Crippen LogP contribution in [0.5, 0.6) is 5.75 Å². The van der Waals surface area contributed by atoms with Gasteiger partial charge < -0.3 is 9.15 Å². The van der Waals surface area contributed by atoms with Crippen LogP contribution < -0.4 is 15.1 Å². The van der Waals surface area contributed by atoms with Crippen molar-refractivity contribution in [2.45, 2.75) is 38.1 Å². The summed E-state index contributed by atoms with van der Waals surface area (Å²) >= 11 is 6.47. The summed E-state index contributed by atoms with van der Waals surface area (Å²) in [5, 5.41) is 0.672. The molecule has 0 radical (unpaired) electrons. The topological polar surface area (TPSA) is 103 Å². The monoisotopic (exact) mass is 539 g/mol. The number of hydrogen-bond donors (Lipinski definition) is 1. The van der Waals surface area contributed by atoms with E-state index in [2.05, 4.69) is 4.72 Å². The Balaban J connectivity index is 1.66. The summed E-state index contributed by atoms with van der Waals surface area (Å²) in [7, 11) is -3.99. The van der Waals surface area contributed by atoms with Crippen molar-refractivity contribution in [3.8, 4) is 16.9 Å². The molecule has 1 heterocycles. The molecule has 1 unspecified atom stereocenters. The summed E-state index contributed by atoms with van der Waals surface area (Å²) < 4.78 is 39.3. The molecular formula is C28H26ClNO6S. The Labute approximate surface area is 220 Å². The van der Waals surface area contributed by atoms with Crippen molar-refractivity contribution in [3.63, 3.8) is 0 Å². The largest absolute Gasteiger partial charge is 0.424 e. The molecule has 0 bridgehead atoms. The van der Waals surface area contributed by atoms with Gasteiger partial charge >= 0.3 is 11.6 Å². The second kappa shape index (κ2) is 10.9. The fourth-order valence-corrected chi connectivity index (χ4v) is 5.31. The lowest BCUT2D eigenvalue weighted by Crippen LogP contribution is -2.43. The maximum Gasteiger partial charge on any atom is 0.336 e. The zero-order valence-electron chi connectivity index (χ0n) is 20.5. The lowest BCUT2D eigenvalue weighted by Gasteiger charge is -2.20. The smallest absolute Gasteiger partial charge is 0.336 e. The third kappa shape index (κ3) is 6.28. The molecule has 0 aliphatic carbocycles. The molecule has 0 spiro atoms. The average molecular weight is 540 g/mol. The summed E-state index contributed by atoms with van der Waals surface area (Å²) in [6.45, 7) is 5.58. The number of carbonyl (C=O) groups excluding carboxylic acids is 1. The number of aryl methyl sites for hydroxylation is 1. The molecule has 1 N–H and O–H groups in total. The number of benzene rings is 3. The Hall–Kier alpha value is -3.46. The Morgan fingerprint density at radius 2 is 1.70 bits per heavy atom. The van der Waals surface area contributed by atoms with Crippen LogP contribution in [0.25, 0.3) is 22.1 Å². The van der Waals surface area contributed by atoms with E-state index in [1.165, 1.54) is 24.3 Å². The number of rotatable bonds is 8. The molecule has 4 aromatic rings. The second-order valence-corrected chi connectivity index (χ2v) is 11.3. The summed E-state index contributed by atoms with van der Waals surface area (Å²) in [5.74, 6) is -0.889. The SMILES string of the molecule is Cc1ccc(S(=O)(=O)NC(CC(C)C)C(=O)Oc2cc3oc(=O)cc(-c4ccccc4)c3cc2Cl)cc1. The standard InChI is InChI=1S/C28H26ClNO6S/c1-17(2)13-24(30-37(33,34)20-11-9-18(3)10-12-20)28(32)36-26-16-25-22(14-23(26)29)21(15-27(31)35-25)19-7-5-4-6-8-19/h4-12,14-17,24,30H,13H2,1-3H3. The minimum atomic E-state index is -3.99. The molecule has 0 aliphatic rings. The normalized spacial score (nSPS) is 12.6. The van der Waals surface area contributed by atoms with Crippen molar-refractivity contribution in [3.05, 3.63) is 93.8 Å². The first-order valence-corrected chi connectivity index (χ1v) is 13.5. The van der Waals surface area contributed by atoms with Gasteiger partial charge in [-0.1, -0.05) is 73.5 Å². The van der Waals surface area contributed by atoms with E-state index < -0.39 is 27.7 Å². The van der Waals surface area contributed by atoms with Gasteiger partial charge in [-0.3, -0.25) is 0 Å². The van der Waals surface area contributed by atoms with Crippen molar-refractivity contribution in [2.75, 3.05) is 0 Å². The van der Waals surface area contributed by atoms with Gasteiger partial charge in [-0.15, -0.1) is 0 Å². The molecule has 0 aliphatic heterocycles. The molecule has 0 saturated carbocycles. The number of carbonyl (C=O) groups is 1. The molecule has 0 fully saturated rings. The van der Waals surface area contributed by atoms with Gasteiger partial charge in [0.2, 0.25) is 10.0 Å². The third-order valence-electron chi connectivity index (χ3n) is 5.71. The predicted octanol–water partition coefficient (Wildman–Crippen LogP) is 5.72. The van der Waals surface area contributed by atoms with E-state index in [9.17, 15) is 18.0 Å². The number of ether oxygens (including phenoxy) is 1. The van der Waals surface area contributed by atoms with E-state index in [0.29, 0.717) is 10.9 Å². The van der Waals surface area contributed by atoms with E-state index in [0.717, 1.165) is 11.1 Å². The highest BCUT2D eigenvalue weighted by atomic mass is 35.5. The molecule has 0 amide bonds. The average Bonchev–Trinajstić information content (AvgIpc) is 2.84. The fourth-order valence-electron chi connectivity index (χ4n) is 3.91. The zero-order valence-corrected chi connectivity index (χ0v) is 22.1. The Morgan fingerprint density at radius 3 is 2.35 bits per heavy atom. The molecule has 192 valence electrons. The van der Waals surface area contributed by atoms with Crippen molar-refractivity contribution < 1.29 is 22.4 Å². The maximum absolute atomic E-state index is 13.2. The van der Waals surface area contributed by atoms with Crippen molar-refractivity contribution >= 4 is 38.6 Å². The first-order valence-electron chi connectivity index (χ1n) is 11.7. The van der Waals surface area contributed by atoms with Crippen LogP contribution in [0.1, 0.15) is 25.8 Å². The van der Waals surface area contributed by atoms with Crippen LogP contribution in [-0.2, 0) is 14.8 Å². The molecule has 9 heteroatoms. The summed E-state index contributed by atoms with van der Waals surface area (Å²) in [6, 6.07) is 18.7. The predicted molar refractivity (Wildman–Crippen MR) is 143 cm³/mol. The highest BCUT2D eigenvalue weighted by Crippen LogP contribution is 2.35. The van der Waals surface area contributed by atoms with Crippen molar-refractivity contribution in [2.24, 2.45) is 5.92 Å². The minimum absolute atomic E-state index is 0.0169. The highest BCUT2D eigenvalue weighted by molar-refractivity contribution is 7.89. The quantitative estimate of drug-likeness (QED) is 0.174. The minimum Gasteiger partial charge on any atom is -0.424 e. The molecule has 3 aromatic carbocycles.